The van der Waals surface area contributed by atoms with Crippen molar-refractivity contribution in [1.82, 2.24) is 20.1 Å². The number of amides is 1. The molecule has 0 radical (unpaired) electrons. The number of aromatic nitrogens is 3. The van der Waals surface area contributed by atoms with Crippen LogP contribution in [0.4, 0.5) is 0 Å². The molecule has 0 fully saturated rings. The van der Waals surface area contributed by atoms with E-state index in [1.807, 2.05) is 20.8 Å². The molecule has 124 valence electrons. The lowest BCUT2D eigenvalue weighted by molar-refractivity contribution is -0.00712. The van der Waals surface area contributed by atoms with Crippen molar-refractivity contribution in [2.75, 3.05) is 0 Å². The number of fused-ring (bicyclic) bond motifs is 1. The molecule has 7 heteroatoms. The van der Waals surface area contributed by atoms with Gasteiger partial charge in [0.05, 0.1) is 30.6 Å². The Bertz CT molecular complexity index is 719. The highest BCUT2D eigenvalue weighted by atomic mass is 16.5. The summed E-state index contributed by atoms with van der Waals surface area (Å²) in [6, 6.07) is 0. The molecule has 0 aliphatic carbocycles. The van der Waals surface area contributed by atoms with Crippen molar-refractivity contribution in [3.63, 3.8) is 0 Å². The molecule has 1 aliphatic rings. The highest BCUT2D eigenvalue weighted by molar-refractivity contribution is 5.94. The molecule has 1 aliphatic heterocycles. The Morgan fingerprint density at radius 1 is 1.48 bits per heavy atom. The summed E-state index contributed by atoms with van der Waals surface area (Å²) in [6.45, 7) is 8.69. The molecule has 3 rings (SSSR count). The van der Waals surface area contributed by atoms with Crippen molar-refractivity contribution in [3.05, 3.63) is 34.8 Å². The zero-order valence-corrected chi connectivity index (χ0v) is 13.9. The minimum atomic E-state index is -0.143. The molecule has 1 amide bonds. The molecule has 0 bridgehead atoms. The van der Waals surface area contributed by atoms with Crippen molar-refractivity contribution in [2.45, 2.75) is 59.4 Å². The van der Waals surface area contributed by atoms with Crippen molar-refractivity contribution < 1.29 is 13.9 Å². The van der Waals surface area contributed by atoms with E-state index in [-0.39, 0.29) is 18.1 Å². The fraction of sp³-hybridized carbons (Fsp3) is 0.562. The smallest absolute Gasteiger partial charge is 0.270 e. The third kappa shape index (κ3) is 3.01. The number of carbonyl (C=O) groups excluding carboxylic acids is 1. The van der Waals surface area contributed by atoms with Crippen LogP contribution < -0.4 is 5.32 Å². The van der Waals surface area contributed by atoms with Crippen LogP contribution in [-0.2, 0) is 24.2 Å². The van der Waals surface area contributed by atoms with Gasteiger partial charge < -0.3 is 14.5 Å². The monoisotopic (exact) mass is 318 g/mol. The van der Waals surface area contributed by atoms with Gasteiger partial charge in [-0.1, -0.05) is 0 Å². The van der Waals surface area contributed by atoms with Gasteiger partial charge in [0.2, 0.25) is 0 Å². The molecule has 2 aromatic heterocycles. The lowest BCUT2D eigenvalue weighted by atomic mass is 9.99. The first-order chi connectivity index (χ1) is 11.0. The lowest BCUT2D eigenvalue weighted by Crippen LogP contribution is -2.28. The van der Waals surface area contributed by atoms with E-state index in [0.717, 1.165) is 11.3 Å². The molecule has 2 aromatic rings. The predicted octanol–water partition coefficient (Wildman–Crippen LogP) is 2.15. The first kappa shape index (κ1) is 15.7. The van der Waals surface area contributed by atoms with E-state index in [2.05, 4.69) is 15.4 Å². The number of nitrogens with zero attached hydrogens (tertiary/aromatic N) is 3. The predicted molar refractivity (Wildman–Crippen MR) is 83.0 cm³/mol. The van der Waals surface area contributed by atoms with Gasteiger partial charge in [0, 0.05) is 25.5 Å². The van der Waals surface area contributed by atoms with Crippen LogP contribution in [0.25, 0.3) is 0 Å². The van der Waals surface area contributed by atoms with E-state index < -0.39 is 0 Å². The second kappa shape index (κ2) is 6.16. The number of carbonyl (C=O) groups is 1. The molecular weight excluding hydrogens is 296 g/mol. The van der Waals surface area contributed by atoms with Crippen LogP contribution in [0.3, 0.4) is 0 Å². The summed E-state index contributed by atoms with van der Waals surface area (Å²) < 4.78 is 12.9. The van der Waals surface area contributed by atoms with Crippen LogP contribution in [0.2, 0.25) is 0 Å². The number of aryl methyl sites for hydroxylation is 2. The van der Waals surface area contributed by atoms with Gasteiger partial charge in [0.1, 0.15) is 11.5 Å². The lowest BCUT2D eigenvalue weighted by Gasteiger charge is -2.24. The largest absolute Gasteiger partial charge is 0.444 e. The van der Waals surface area contributed by atoms with E-state index in [1.165, 1.54) is 0 Å². The van der Waals surface area contributed by atoms with Gasteiger partial charge in [-0.25, -0.2) is 4.98 Å². The average Bonchev–Trinajstić information content (AvgIpc) is 3.08. The average molecular weight is 318 g/mol. The summed E-state index contributed by atoms with van der Waals surface area (Å²) in [5.74, 6) is 1.08. The number of rotatable bonds is 4. The van der Waals surface area contributed by atoms with E-state index >= 15 is 0 Å². The van der Waals surface area contributed by atoms with Gasteiger partial charge in [0.25, 0.3) is 5.91 Å². The first-order valence-corrected chi connectivity index (χ1v) is 7.94. The first-order valence-electron chi connectivity index (χ1n) is 7.94. The van der Waals surface area contributed by atoms with Gasteiger partial charge >= 0.3 is 0 Å². The second-order valence-electron chi connectivity index (χ2n) is 5.85. The Balaban J connectivity index is 1.84. The molecule has 3 heterocycles. The fourth-order valence-corrected chi connectivity index (χ4v) is 3.02. The van der Waals surface area contributed by atoms with E-state index in [9.17, 15) is 4.79 Å². The molecule has 1 N–H and O–H groups in total. The molecule has 23 heavy (non-hydrogen) atoms. The summed E-state index contributed by atoms with van der Waals surface area (Å²) in [7, 11) is 0. The molecule has 0 spiro atoms. The Morgan fingerprint density at radius 3 is 2.91 bits per heavy atom. The molecule has 0 saturated carbocycles. The van der Waals surface area contributed by atoms with Crippen molar-refractivity contribution in [3.8, 4) is 0 Å². The zero-order chi connectivity index (χ0) is 16.6. The van der Waals surface area contributed by atoms with Crippen LogP contribution >= 0.6 is 0 Å². The molecular formula is C16H22N4O3. The van der Waals surface area contributed by atoms with Gasteiger partial charge in [-0.2, -0.15) is 5.10 Å². The van der Waals surface area contributed by atoms with Gasteiger partial charge in [-0.05, 0) is 20.8 Å². The normalized spacial score (nSPS) is 20.3. The SMILES string of the molecule is CCn1nc2c(c1C(=O)NCc1cnc(C)o1)C[C@H](C)O[C@@H]2C. The molecule has 7 nitrogen and oxygen atoms in total. The van der Waals surface area contributed by atoms with Crippen LogP contribution in [0, 0.1) is 6.92 Å². The highest BCUT2D eigenvalue weighted by Gasteiger charge is 2.31. The minimum Gasteiger partial charge on any atom is -0.444 e. The molecule has 0 aromatic carbocycles. The molecule has 0 unspecified atom stereocenters. The Hall–Kier alpha value is -2.15. The quantitative estimate of drug-likeness (QED) is 0.934. The second-order valence-corrected chi connectivity index (χ2v) is 5.85. The van der Waals surface area contributed by atoms with Crippen LogP contribution in [0.5, 0.6) is 0 Å². The van der Waals surface area contributed by atoms with Crippen LogP contribution in [-0.4, -0.2) is 26.8 Å². The van der Waals surface area contributed by atoms with Gasteiger partial charge in [0.15, 0.2) is 5.89 Å². The summed E-state index contributed by atoms with van der Waals surface area (Å²) in [6.07, 6.45) is 2.31. The number of ether oxygens (including phenoxy) is 1. The Morgan fingerprint density at radius 2 is 2.26 bits per heavy atom. The summed E-state index contributed by atoms with van der Waals surface area (Å²) in [5.41, 5.74) is 2.48. The number of hydrogen-bond donors (Lipinski definition) is 1. The maximum atomic E-state index is 12.7. The van der Waals surface area contributed by atoms with E-state index in [0.29, 0.717) is 36.9 Å². The van der Waals surface area contributed by atoms with Crippen molar-refractivity contribution in [1.29, 1.82) is 0 Å². The van der Waals surface area contributed by atoms with Crippen LogP contribution in [0.1, 0.15) is 60.3 Å². The van der Waals surface area contributed by atoms with Gasteiger partial charge in [-0.3, -0.25) is 9.48 Å². The standard InChI is InChI=1S/C16H22N4O3/c1-5-20-15(13-6-9(2)22-10(3)14(13)19-20)16(21)18-8-12-7-17-11(4)23-12/h7,9-10H,5-6,8H2,1-4H3,(H,18,21)/t9-,10+/m0/s1. The van der Waals surface area contributed by atoms with Crippen molar-refractivity contribution >= 4 is 5.91 Å². The van der Waals surface area contributed by atoms with E-state index in [4.69, 9.17) is 9.15 Å². The van der Waals surface area contributed by atoms with Crippen LogP contribution in [0.15, 0.2) is 10.6 Å². The highest BCUT2D eigenvalue weighted by Crippen LogP contribution is 2.31. The third-order valence-corrected chi connectivity index (χ3v) is 4.00. The number of hydrogen-bond acceptors (Lipinski definition) is 5. The Labute approximate surface area is 135 Å². The number of oxazole rings is 1. The summed E-state index contributed by atoms with van der Waals surface area (Å²) in [5, 5.41) is 7.45. The minimum absolute atomic E-state index is 0.0791. The molecule has 2 atom stereocenters. The number of nitrogens with one attached hydrogen (secondary N) is 1. The van der Waals surface area contributed by atoms with Gasteiger partial charge in [-0.15, -0.1) is 0 Å². The van der Waals surface area contributed by atoms with E-state index in [1.54, 1.807) is 17.8 Å². The maximum absolute atomic E-state index is 12.7. The Kier molecular flexibility index (Phi) is 4.21. The topological polar surface area (TPSA) is 82.2 Å². The third-order valence-electron chi connectivity index (χ3n) is 4.00. The maximum Gasteiger partial charge on any atom is 0.270 e. The zero-order valence-electron chi connectivity index (χ0n) is 13.9. The molecule has 0 saturated heterocycles. The summed E-state index contributed by atoms with van der Waals surface area (Å²) in [4.78, 5) is 16.7. The van der Waals surface area contributed by atoms with Crippen molar-refractivity contribution in [2.24, 2.45) is 0 Å². The summed E-state index contributed by atoms with van der Waals surface area (Å²) >= 11 is 0. The fourth-order valence-electron chi connectivity index (χ4n) is 3.02.